The summed E-state index contributed by atoms with van der Waals surface area (Å²) in [6, 6.07) is 6.66. The van der Waals surface area contributed by atoms with Gasteiger partial charge in [0.15, 0.2) is 11.6 Å². The molecule has 0 amide bonds. The summed E-state index contributed by atoms with van der Waals surface area (Å²) in [6.45, 7) is 0.778. The number of fused-ring (bicyclic) bond motifs is 1. The van der Waals surface area contributed by atoms with Gasteiger partial charge >= 0.3 is 0 Å². The quantitative estimate of drug-likeness (QED) is 0.709. The zero-order valence-electron chi connectivity index (χ0n) is 13.5. The average Bonchev–Trinajstić information content (AvgIpc) is 2.65. The molecule has 0 aliphatic carbocycles. The molecule has 3 aromatic rings. The summed E-state index contributed by atoms with van der Waals surface area (Å²) in [5.74, 6) is -2.40. The van der Waals surface area contributed by atoms with Crippen molar-refractivity contribution in [2.75, 3.05) is 6.67 Å². The number of rotatable bonds is 4. The molecular formula is C18H12F3N3O2. The van der Waals surface area contributed by atoms with Gasteiger partial charge in [0, 0.05) is 0 Å². The van der Waals surface area contributed by atoms with E-state index in [0.717, 1.165) is 16.7 Å². The molecule has 8 heteroatoms. The van der Waals surface area contributed by atoms with E-state index in [0.29, 0.717) is 5.52 Å². The average molecular weight is 359 g/mol. The Morgan fingerprint density at radius 3 is 2.69 bits per heavy atom. The van der Waals surface area contributed by atoms with Gasteiger partial charge in [-0.1, -0.05) is 0 Å². The van der Waals surface area contributed by atoms with Crippen LogP contribution in [0.2, 0.25) is 0 Å². The summed E-state index contributed by atoms with van der Waals surface area (Å²) < 4.78 is 46.9. The van der Waals surface area contributed by atoms with Gasteiger partial charge in [-0.05, 0) is 37.3 Å². The van der Waals surface area contributed by atoms with Crippen LogP contribution in [0.1, 0.15) is 18.5 Å². The Balaban J connectivity index is 2.11. The van der Waals surface area contributed by atoms with E-state index in [1.807, 2.05) is 0 Å². The van der Waals surface area contributed by atoms with Gasteiger partial charge in [0.25, 0.3) is 5.56 Å². The number of nitriles is 1. The van der Waals surface area contributed by atoms with Crippen LogP contribution >= 0.6 is 0 Å². The van der Waals surface area contributed by atoms with Gasteiger partial charge in [-0.2, -0.15) is 5.26 Å². The van der Waals surface area contributed by atoms with Crippen molar-refractivity contribution in [3.63, 3.8) is 0 Å². The van der Waals surface area contributed by atoms with E-state index in [4.69, 9.17) is 10.00 Å². The number of alkyl halides is 1. The first-order valence-electron chi connectivity index (χ1n) is 7.59. The van der Waals surface area contributed by atoms with Crippen LogP contribution in [0.25, 0.3) is 10.9 Å². The first kappa shape index (κ1) is 17.5. The van der Waals surface area contributed by atoms with E-state index in [2.05, 4.69) is 4.98 Å². The van der Waals surface area contributed by atoms with Gasteiger partial charge in [-0.15, -0.1) is 0 Å². The minimum absolute atomic E-state index is 0.0167. The molecule has 132 valence electrons. The smallest absolute Gasteiger partial charge is 0.261 e. The third-order valence-corrected chi connectivity index (χ3v) is 3.84. The van der Waals surface area contributed by atoms with Gasteiger partial charge in [0.05, 0.1) is 23.3 Å². The lowest BCUT2D eigenvalue weighted by Gasteiger charge is -2.12. The van der Waals surface area contributed by atoms with Gasteiger partial charge in [-0.3, -0.25) is 9.36 Å². The molecule has 0 N–H and O–H groups in total. The topological polar surface area (TPSA) is 67.9 Å². The maximum atomic E-state index is 13.9. The molecule has 0 aliphatic heterocycles. The second-order valence-corrected chi connectivity index (χ2v) is 5.59. The molecular weight excluding hydrogens is 347 g/mol. The summed E-state index contributed by atoms with van der Waals surface area (Å²) >= 11 is 0. The summed E-state index contributed by atoms with van der Waals surface area (Å²) in [5, 5.41) is 9.13. The number of ether oxygens (including phenoxy) is 1. The van der Waals surface area contributed by atoms with Crippen LogP contribution in [0.5, 0.6) is 11.5 Å². The minimum atomic E-state index is -0.925. The van der Waals surface area contributed by atoms with Crippen LogP contribution in [0.4, 0.5) is 13.2 Å². The maximum absolute atomic E-state index is 13.9. The minimum Gasteiger partial charge on any atom is -0.453 e. The molecule has 0 radical (unpaired) electrons. The van der Waals surface area contributed by atoms with Gasteiger partial charge in [0.2, 0.25) is 0 Å². The molecule has 5 nitrogen and oxygen atoms in total. The standard InChI is InChI=1S/C18H12F3N3O2/c1-10(7-19)24-9-23-16-5-2-11(6-12(16)18(24)25)26-17-13(8-22)14(20)3-4-15(17)21/h2-6,9-10H,7H2,1H3/t10-/m1/s1. The highest BCUT2D eigenvalue weighted by atomic mass is 19.1. The van der Waals surface area contributed by atoms with Crippen molar-refractivity contribution in [2.24, 2.45) is 0 Å². The van der Waals surface area contributed by atoms with Crippen molar-refractivity contribution in [2.45, 2.75) is 13.0 Å². The first-order valence-corrected chi connectivity index (χ1v) is 7.59. The van der Waals surface area contributed by atoms with E-state index in [1.165, 1.54) is 31.5 Å². The molecule has 0 spiro atoms. The SMILES string of the molecule is C[C@H](CF)n1cnc2ccc(Oc3c(F)ccc(F)c3C#N)cc2c1=O. The second-order valence-electron chi connectivity index (χ2n) is 5.59. The normalized spacial score (nSPS) is 12.0. The van der Waals surface area contributed by atoms with Crippen LogP contribution in [-0.2, 0) is 0 Å². The number of nitrogens with zero attached hydrogens (tertiary/aromatic N) is 3. The van der Waals surface area contributed by atoms with Crippen LogP contribution in [0.15, 0.2) is 41.5 Å². The van der Waals surface area contributed by atoms with Crippen molar-refractivity contribution in [1.82, 2.24) is 9.55 Å². The molecule has 1 atom stereocenters. The van der Waals surface area contributed by atoms with E-state index >= 15 is 0 Å². The Hall–Kier alpha value is -3.34. The molecule has 1 heterocycles. The molecule has 1 aromatic heterocycles. The van der Waals surface area contributed by atoms with E-state index in [9.17, 15) is 18.0 Å². The second kappa shape index (κ2) is 6.88. The van der Waals surface area contributed by atoms with Crippen molar-refractivity contribution in [3.05, 3.63) is 64.2 Å². The lowest BCUT2D eigenvalue weighted by molar-refractivity contribution is 0.370. The predicted octanol–water partition coefficient (Wildman–Crippen LogP) is 3.87. The molecule has 0 unspecified atom stereocenters. The van der Waals surface area contributed by atoms with Crippen LogP contribution in [0.3, 0.4) is 0 Å². The molecule has 2 aromatic carbocycles. The van der Waals surface area contributed by atoms with Crippen molar-refractivity contribution < 1.29 is 17.9 Å². The molecule has 26 heavy (non-hydrogen) atoms. The summed E-state index contributed by atoms with van der Waals surface area (Å²) in [6.07, 6.45) is 1.25. The van der Waals surface area contributed by atoms with Gasteiger partial charge in [-0.25, -0.2) is 18.2 Å². The monoisotopic (exact) mass is 359 g/mol. The molecule has 3 rings (SSSR count). The molecule has 0 bridgehead atoms. The lowest BCUT2D eigenvalue weighted by atomic mass is 10.2. The highest BCUT2D eigenvalue weighted by Crippen LogP contribution is 2.30. The highest BCUT2D eigenvalue weighted by Gasteiger charge is 2.17. The molecule has 0 aliphatic rings. The number of hydrogen-bond acceptors (Lipinski definition) is 4. The summed E-state index contributed by atoms with van der Waals surface area (Å²) in [4.78, 5) is 16.6. The Bertz CT molecular complexity index is 1090. The third-order valence-electron chi connectivity index (χ3n) is 3.84. The zero-order valence-corrected chi connectivity index (χ0v) is 13.5. The maximum Gasteiger partial charge on any atom is 0.261 e. The summed E-state index contributed by atoms with van der Waals surface area (Å²) in [7, 11) is 0. The Kier molecular flexibility index (Phi) is 4.63. The Morgan fingerprint density at radius 2 is 2.00 bits per heavy atom. The van der Waals surface area contributed by atoms with Crippen molar-refractivity contribution in [1.29, 1.82) is 5.26 Å². The number of hydrogen-bond donors (Lipinski definition) is 0. The summed E-state index contributed by atoms with van der Waals surface area (Å²) in [5.41, 5.74) is -0.740. The Morgan fingerprint density at radius 1 is 1.27 bits per heavy atom. The number of aromatic nitrogens is 2. The fourth-order valence-electron chi connectivity index (χ4n) is 2.42. The van der Waals surface area contributed by atoms with Crippen molar-refractivity contribution >= 4 is 10.9 Å². The van der Waals surface area contributed by atoms with E-state index < -0.39 is 41.2 Å². The van der Waals surface area contributed by atoms with Gasteiger partial charge in [0.1, 0.15) is 29.9 Å². The lowest BCUT2D eigenvalue weighted by Crippen LogP contribution is -2.24. The largest absolute Gasteiger partial charge is 0.453 e. The third kappa shape index (κ3) is 2.99. The number of benzene rings is 2. The molecule has 0 fully saturated rings. The fraction of sp³-hybridized carbons (Fsp3) is 0.167. The van der Waals surface area contributed by atoms with Crippen LogP contribution in [0, 0.1) is 23.0 Å². The zero-order chi connectivity index (χ0) is 18.8. The number of halogens is 3. The highest BCUT2D eigenvalue weighted by molar-refractivity contribution is 5.79. The van der Waals surface area contributed by atoms with E-state index in [1.54, 1.807) is 6.07 Å². The van der Waals surface area contributed by atoms with E-state index in [-0.39, 0.29) is 11.1 Å². The van der Waals surface area contributed by atoms with Crippen LogP contribution < -0.4 is 10.3 Å². The fourth-order valence-corrected chi connectivity index (χ4v) is 2.42. The van der Waals surface area contributed by atoms with Crippen LogP contribution in [-0.4, -0.2) is 16.2 Å². The van der Waals surface area contributed by atoms with Gasteiger partial charge < -0.3 is 4.74 Å². The Labute approximate surface area is 145 Å². The first-order chi connectivity index (χ1) is 12.5. The molecule has 0 saturated heterocycles. The van der Waals surface area contributed by atoms with Crippen molar-refractivity contribution in [3.8, 4) is 17.6 Å². The molecule has 0 saturated carbocycles. The predicted molar refractivity (Wildman–Crippen MR) is 87.8 cm³/mol.